The van der Waals surface area contributed by atoms with Crippen LogP contribution in [0.4, 0.5) is 8.78 Å². The lowest BCUT2D eigenvalue weighted by Gasteiger charge is -2.12. The number of hydrogen-bond donors (Lipinski definition) is 1. The molecule has 0 amide bonds. The molecule has 1 aromatic heterocycles. The van der Waals surface area contributed by atoms with Crippen LogP contribution in [0.1, 0.15) is 17.2 Å². The number of ether oxygens (including phenoxy) is 2. The second-order valence-corrected chi connectivity index (χ2v) is 5.54. The fraction of sp³-hybridized carbons (Fsp3) is 0.214. The highest BCUT2D eigenvalue weighted by atomic mass is 35.5. The van der Waals surface area contributed by atoms with E-state index < -0.39 is 12.4 Å². The summed E-state index contributed by atoms with van der Waals surface area (Å²) in [5, 5.41) is 11.0. The fourth-order valence-corrected chi connectivity index (χ4v) is 2.69. The van der Waals surface area contributed by atoms with Gasteiger partial charge in [-0.05, 0) is 17.7 Å². The van der Waals surface area contributed by atoms with E-state index in [2.05, 4.69) is 14.5 Å². The van der Waals surface area contributed by atoms with Gasteiger partial charge in [0, 0.05) is 12.0 Å². The van der Waals surface area contributed by atoms with Gasteiger partial charge in [-0.25, -0.2) is 4.98 Å². The smallest absolute Gasteiger partial charge is 0.395 e. The molecular weight excluding hydrogens is 339 g/mol. The molecule has 2 heterocycles. The summed E-state index contributed by atoms with van der Waals surface area (Å²) in [4.78, 5) is 2.76. The predicted molar refractivity (Wildman–Crippen MR) is 74.3 cm³/mol. The van der Waals surface area contributed by atoms with Gasteiger partial charge in [0.15, 0.2) is 23.9 Å². The largest absolute Gasteiger partial charge is 0.586 e. The van der Waals surface area contributed by atoms with E-state index in [4.69, 9.17) is 23.2 Å². The number of fused-ring (bicyclic) bond motifs is 1. The summed E-state index contributed by atoms with van der Waals surface area (Å²) >= 11 is 12.0. The maximum atomic E-state index is 13.0. The van der Waals surface area contributed by atoms with Crippen LogP contribution >= 0.6 is 23.2 Å². The molecule has 3 rings (SSSR count). The Balaban J connectivity index is 1.84. The maximum Gasteiger partial charge on any atom is 0.586 e. The fourth-order valence-electron chi connectivity index (χ4n) is 2.16. The van der Waals surface area contributed by atoms with Crippen LogP contribution in [0.15, 0.2) is 30.6 Å². The van der Waals surface area contributed by atoms with E-state index in [0.29, 0.717) is 21.2 Å². The van der Waals surface area contributed by atoms with E-state index in [1.54, 1.807) is 0 Å². The number of hydrogen-bond acceptors (Lipinski definition) is 3. The van der Waals surface area contributed by atoms with Crippen LogP contribution in [0.5, 0.6) is 11.5 Å². The normalized spacial score (nSPS) is 16.6. The van der Waals surface area contributed by atoms with Gasteiger partial charge in [0.2, 0.25) is 0 Å². The lowest BCUT2D eigenvalue weighted by atomic mass is 10.0. The zero-order valence-corrected chi connectivity index (χ0v) is 12.5. The molecule has 0 radical (unpaired) electrons. The van der Waals surface area contributed by atoms with Crippen molar-refractivity contribution in [1.82, 2.24) is 0 Å². The predicted octanol–water partition coefficient (Wildman–Crippen LogP) is 3.41. The second-order valence-electron chi connectivity index (χ2n) is 4.72. The first-order valence-electron chi connectivity index (χ1n) is 6.27. The highest BCUT2D eigenvalue weighted by Gasteiger charge is 2.43. The summed E-state index contributed by atoms with van der Waals surface area (Å²) in [7, 11) is 0. The molecule has 1 atom stereocenters. The number of pyridine rings is 1. The molecule has 0 aliphatic carbocycles. The minimum atomic E-state index is -3.69. The Morgan fingerprint density at radius 3 is 2.45 bits per heavy atom. The van der Waals surface area contributed by atoms with Crippen LogP contribution in [0.25, 0.3) is 0 Å². The van der Waals surface area contributed by atoms with Crippen molar-refractivity contribution in [3.63, 3.8) is 0 Å². The molecule has 1 aromatic carbocycles. The number of aromatic amines is 1. The second kappa shape index (κ2) is 5.53. The summed E-state index contributed by atoms with van der Waals surface area (Å²) in [6.07, 6.45) is -1.47. The molecule has 0 saturated carbocycles. The molecule has 2 aromatic rings. The maximum absolute atomic E-state index is 13.0. The number of halogens is 4. The summed E-state index contributed by atoms with van der Waals surface area (Å²) in [6.45, 7) is 0. The third-order valence-corrected chi connectivity index (χ3v) is 3.88. The molecule has 22 heavy (non-hydrogen) atoms. The Kier molecular flexibility index (Phi) is 3.84. The average Bonchev–Trinajstić information content (AvgIpc) is 2.75. The molecule has 1 aliphatic heterocycles. The molecule has 0 fully saturated rings. The van der Waals surface area contributed by atoms with Gasteiger partial charge < -0.3 is 14.6 Å². The van der Waals surface area contributed by atoms with Crippen LogP contribution in [0.2, 0.25) is 10.0 Å². The summed E-state index contributed by atoms with van der Waals surface area (Å²) in [5.41, 5.74) is 0.942. The van der Waals surface area contributed by atoms with Crippen molar-refractivity contribution in [2.75, 3.05) is 0 Å². The van der Waals surface area contributed by atoms with Gasteiger partial charge >= 0.3 is 6.29 Å². The minimum absolute atomic E-state index is 0.0775. The van der Waals surface area contributed by atoms with Gasteiger partial charge in [0.25, 0.3) is 0 Å². The van der Waals surface area contributed by atoms with Gasteiger partial charge in [-0.1, -0.05) is 29.3 Å². The Labute approximate surface area is 134 Å². The van der Waals surface area contributed by atoms with Crippen molar-refractivity contribution in [2.45, 2.75) is 18.8 Å². The van der Waals surface area contributed by atoms with Crippen molar-refractivity contribution in [1.29, 1.82) is 0 Å². The molecule has 8 heteroatoms. The summed E-state index contributed by atoms with van der Waals surface area (Å²) in [5.74, 6) is -0.202. The lowest BCUT2D eigenvalue weighted by molar-refractivity contribution is -0.377. The molecule has 1 aliphatic rings. The van der Waals surface area contributed by atoms with E-state index in [0.717, 1.165) is 0 Å². The highest BCUT2D eigenvalue weighted by molar-refractivity contribution is 6.35. The molecular formula is C14H10Cl2F2NO3+. The summed E-state index contributed by atoms with van der Waals surface area (Å²) < 4.78 is 34.6. The molecule has 0 bridgehead atoms. The van der Waals surface area contributed by atoms with Gasteiger partial charge in [0.1, 0.15) is 10.0 Å². The van der Waals surface area contributed by atoms with Gasteiger partial charge in [-0.3, -0.25) is 0 Å². The van der Waals surface area contributed by atoms with Crippen molar-refractivity contribution in [3.8, 4) is 11.5 Å². The molecule has 0 saturated heterocycles. The standard InChI is InChI=1S/C14H9Cl2F2NO3/c15-9-5-19-6-10(16)8(9)4-11(20)7-1-2-12-13(3-7)22-14(17,18)21-12/h1-3,5-6,11,20H,4H2/p+1. The first kappa shape index (κ1) is 15.3. The SMILES string of the molecule is OC(Cc1c(Cl)c[nH+]cc1Cl)c1ccc2c(c1)OC(F)(F)O2. The first-order chi connectivity index (χ1) is 10.4. The summed E-state index contributed by atoms with van der Waals surface area (Å²) in [6, 6.07) is 4.10. The third kappa shape index (κ3) is 2.95. The van der Waals surface area contributed by atoms with Crippen LogP contribution in [0.3, 0.4) is 0 Å². The molecule has 116 valence electrons. The quantitative estimate of drug-likeness (QED) is 0.924. The van der Waals surface area contributed by atoms with E-state index in [1.807, 2.05) is 0 Å². The number of nitrogens with one attached hydrogen (secondary N) is 1. The van der Waals surface area contributed by atoms with E-state index in [1.165, 1.54) is 30.6 Å². The van der Waals surface area contributed by atoms with Crippen molar-refractivity contribution in [2.24, 2.45) is 0 Å². The number of aliphatic hydroxyl groups is 1. The number of aliphatic hydroxyl groups excluding tert-OH is 1. The minimum Gasteiger partial charge on any atom is -0.395 e. The Hall–Kier alpha value is -1.63. The molecule has 2 N–H and O–H groups in total. The lowest BCUT2D eigenvalue weighted by Crippen LogP contribution is -2.25. The third-order valence-electron chi connectivity index (χ3n) is 3.20. The van der Waals surface area contributed by atoms with Crippen LogP contribution in [0, 0.1) is 0 Å². The molecule has 4 nitrogen and oxygen atoms in total. The van der Waals surface area contributed by atoms with E-state index >= 15 is 0 Å². The molecule has 0 spiro atoms. The van der Waals surface area contributed by atoms with Gasteiger partial charge in [-0.2, -0.15) is 0 Å². The highest BCUT2D eigenvalue weighted by Crippen LogP contribution is 2.42. The zero-order valence-electron chi connectivity index (χ0n) is 10.9. The van der Waals surface area contributed by atoms with Crippen LogP contribution in [-0.4, -0.2) is 11.4 Å². The van der Waals surface area contributed by atoms with E-state index in [9.17, 15) is 13.9 Å². The number of alkyl halides is 2. The van der Waals surface area contributed by atoms with Gasteiger partial charge in [0.05, 0.1) is 6.10 Å². The number of aromatic nitrogens is 1. The zero-order chi connectivity index (χ0) is 15.9. The number of H-pyrrole nitrogens is 1. The topological polar surface area (TPSA) is 52.8 Å². The van der Waals surface area contributed by atoms with Crippen LogP contribution in [-0.2, 0) is 6.42 Å². The van der Waals surface area contributed by atoms with Crippen molar-refractivity contribution >= 4 is 23.2 Å². The van der Waals surface area contributed by atoms with Crippen LogP contribution < -0.4 is 14.5 Å². The molecule has 1 unspecified atom stereocenters. The monoisotopic (exact) mass is 348 g/mol. The van der Waals surface area contributed by atoms with E-state index in [-0.39, 0.29) is 17.9 Å². The number of rotatable bonds is 3. The first-order valence-corrected chi connectivity index (χ1v) is 7.03. The van der Waals surface area contributed by atoms with Gasteiger partial charge in [-0.15, -0.1) is 8.78 Å². The average molecular weight is 349 g/mol. The van der Waals surface area contributed by atoms with Crippen molar-refractivity contribution in [3.05, 3.63) is 51.8 Å². The Bertz CT molecular complexity index is 707. The Morgan fingerprint density at radius 2 is 1.77 bits per heavy atom. The number of benzene rings is 1. The van der Waals surface area contributed by atoms with Crippen molar-refractivity contribution < 1.29 is 28.3 Å². The Morgan fingerprint density at radius 1 is 1.14 bits per heavy atom.